The van der Waals surface area contributed by atoms with Gasteiger partial charge in [-0.3, -0.25) is 0 Å². The first-order chi connectivity index (χ1) is 16.8. The van der Waals surface area contributed by atoms with E-state index in [0.717, 1.165) is 43.0 Å². The lowest BCUT2D eigenvalue weighted by molar-refractivity contribution is -0.154. The molecule has 6 atom stereocenters. The minimum Gasteiger partial charge on any atom is -0.422 e. The molecule has 0 aromatic rings. The molecule has 1 saturated carbocycles. The standard InChI is InChI=1S/C29H46O6Si/c1-10-36(11-2,12-3)35-20-17-29-23(31-25(30)34-29)19-15-13-14-16-28(19,9)24-22(32-27(7,8)33-24)21(18(20)4)26(29,5)6/h15,20,22-24H,10-14,16-17H2,1-9H3/t20-,22+,23-,24-,28+,29+/m0/s1. The first kappa shape index (κ1) is 26.5. The highest BCUT2D eigenvalue weighted by molar-refractivity contribution is 6.73. The van der Waals surface area contributed by atoms with Gasteiger partial charge in [-0.1, -0.05) is 47.6 Å². The van der Waals surface area contributed by atoms with Gasteiger partial charge in [0.05, 0.1) is 6.10 Å². The van der Waals surface area contributed by atoms with Crippen molar-refractivity contribution in [1.82, 2.24) is 0 Å². The Bertz CT molecular complexity index is 985. The lowest BCUT2D eigenvalue weighted by Gasteiger charge is -2.58. The number of rotatable bonds is 5. The summed E-state index contributed by atoms with van der Waals surface area (Å²) in [7, 11) is -1.95. The number of carbonyl (C=O) groups is 1. The maximum Gasteiger partial charge on any atom is 0.509 e. The largest absolute Gasteiger partial charge is 0.509 e. The van der Waals surface area contributed by atoms with Gasteiger partial charge in [0.1, 0.15) is 12.2 Å². The Morgan fingerprint density at radius 3 is 2.36 bits per heavy atom. The third-order valence-corrected chi connectivity index (χ3v) is 15.2. The van der Waals surface area contributed by atoms with E-state index in [-0.39, 0.29) is 23.7 Å². The topological polar surface area (TPSA) is 63.2 Å². The highest BCUT2D eigenvalue weighted by Crippen LogP contribution is 2.65. The van der Waals surface area contributed by atoms with Gasteiger partial charge < -0.3 is 23.4 Å². The van der Waals surface area contributed by atoms with Crippen LogP contribution in [0.25, 0.3) is 0 Å². The van der Waals surface area contributed by atoms with Crippen LogP contribution >= 0.6 is 0 Å². The number of allylic oxidation sites excluding steroid dienone is 1. The van der Waals surface area contributed by atoms with E-state index < -0.39 is 37.4 Å². The number of ether oxygens (including phenoxy) is 4. The second kappa shape index (κ2) is 8.42. The molecule has 0 amide bonds. The molecule has 5 rings (SSSR count). The van der Waals surface area contributed by atoms with E-state index in [1.54, 1.807) is 0 Å². The van der Waals surface area contributed by atoms with Crippen molar-refractivity contribution < 1.29 is 28.2 Å². The van der Waals surface area contributed by atoms with Gasteiger partial charge in [-0.15, -0.1) is 0 Å². The number of hydrogen-bond acceptors (Lipinski definition) is 6. The molecular formula is C29H46O6Si. The lowest BCUT2D eigenvalue weighted by atomic mass is 9.51. The summed E-state index contributed by atoms with van der Waals surface area (Å²) in [6.45, 7) is 19.7. The second-order valence-electron chi connectivity index (χ2n) is 13.0. The molecule has 1 spiro atoms. The van der Waals surface area contributed by atoms with Gasteiger partial charge in [0.25, 0.3) is 0 Å². The van der Waals surface area contributed by atoms with Crippen LogP contribution in [0.2, 0.25) is 18.1 Å². The molecule has 202 valence electrons. The van der Waals surface area contributed by atoms with E-state index in [9.17, 15) is 4.79 Å². The zero-order valence-electron chi connectivity index (χ0n) is 23.8. The Balaban J connectivity index is 1.77. The van der Waals surface area contributed by atoms with Gasteiger partial charge in [0.15, 0.2) is 25.8 Å². The zero-order valence-corrected chi connectivity index (χ0v) is 24.8. The van der Waals surface area contributed by atoms with Gasteiger partial charge in [-0.2, -0.15) is 0 Å². The second-order valence-corrected chi connectivity index (χ2v) is 17.7. The first-order valence-electron chi connectivity index (χ1n) is 14.1. The third kappa shape index (κ3) is 3.48. The molecule has 0 radical (unpaired) electrons. The fraction of sp³-hybridized carbons (Fsp3) is 0.828. The van der Waals surface area contributed by atoms with E-state index in [1.165, 1.54) is 11.1 Å². The fourth-order valence-corrected chi connectivity index (χ4v) is 11.0. The van der Waals surface area contributed by atoms with Crippen LogP contribution in [0.4, 0.5) is 4.79 Å². The summed E-state index contributed by atoms with van der Waals surface area (Å²) in [4.78, 5) is 13.0. The van der Waals surface area contributed by atoms with Crippen molar-refractivity contribution in [2.75, 3.05) is 0 Å². The van der Waals surface area contributed by atoms with Crippen LogP contribution < -0.4 is 0 Å². The fourth-order valence-electron chi connectivity index (χ4n) is 8.18. The van der Waals surface area contributed by atoms with E-state index in [1.807, 2.05) is 13.8 Å². The Morgan fingerprint density at radius 1 is 1.06 bits per heavy atom. The van der Waals surface area contributed by atoms with Crippen molar-refractivity contribution in [3.63, 3.8) is 0 Å². The Labute approximate surface area is 218 Å². The average molecular weight is 519 g/mol. The first-order valence-corrected chi connectivity index (χ1v) is 16.7. The summed E-state index contributed by atoms with van der Waals surface area (Å²) < 4.78 is 33.2. The van der Waals surface area contributed by atoms with Crippen molar-refractivity contribution in [3.8, 4) is 0 Å². The van der Waals surface area contributed by atoms with Gasteiger partial charge in [0, 0.05) is 17.3 Å². The molecule has 2 heterocycles. The molecule has 0 aromatic heterocycles. The Hall–Kier alpha value is -1.15. The van der Waals surface area contributed by atoms with Gasteiger partial charge in [-0.05, 0) is 74.9 Å². The molecule has 36 heavy (non-hydrogen) atoms. The van der Waals surface area contributed by atoms with Gasteiger partial charge >= 0.3 is 6.16 Å². The molecule has 0 unspecified atom stereocenters. The zero-order chi connectivity index (χ0) is 26.3. The monoisotopic (exact) mass is 518 g/mol. The van der Waals surface area contributed by atoms with Crippen molar-refractivity contribution >= 4 is 14.5 Å². The van der Waals surface area contributed by atoms with Crippen molar-refractivity contribution in [3.05, 3.63) is 22.8 Å². The molecule has 7 heteroatoms. The molecule has 0 aromatic carbocycles. The molecule has 2 saturated heterocycles. The molecule has 2 aliphatic heterocycles. The van der Waals surface area contributed by atoms with Crippen molar-refractivity contribution in [2.45, 2.75) is 142 Å². The van der Waals surface area contributed by atoms with Crippen molar-refractivity contribution in [2.24, 2.45) is 10.8 Å². The number of fused-ring (bicyclic) bond motifs is 6. The Kier molecular flexibility index (Phi) is 6.19. The highest BCUT2D eigenvalue weighted by atomic mass is 28.4. The minimum absolute atomic E-state index is 0.141. The molecular weight excluding hydrogens is 472 g/mol. The molecule has 2 bridgehead atoms. The third-order valence-electron chi connectivity index (χ3n) is 10.6. The SMILES string of the molecule is CC[Si](CC)(CC)O[C@H]1C[C@@]23OC(=O)O[C@H]2C2=CCCC[C@@]2(C)[C@H]2OC(C)(C)O[C@@H]2C(=C1C)C3(C)C. The summed E-state index contributed by atoms with van der Waals surface area (Å²) in [6, 6.07) is 3.20. The van der Waals surface area contributed by atoms with E-state index >= 15 is 0 Å². The molecule has 5 aliphatic rings. The van der Waals surface area contributed by atoms with E-state index in [4.69, 9.17) is 23.4 Å². The smallest absolute Gasteiger partial charge is 0.422 e. The van der Waals surface area contributed by atoms with Crippen LogP contribution in [0, 0.1) is 10.8 Å². The summed E-state index contributed by atoms with van der Waals surface area (Å²) >= 11 is 0. The summed E-state index contributed by atoms with van der Waals surface area (Å²) in [6.07, 6.45) is 4.32. The van der Waals surface area contributed by atoms with Crippen LogP contribution in [-0.4, -0.2) is 50.3 Å². The Morgan fingerprint density at radius 2 is 1.72 bits per heavy atom. The predicted molar refractivity (Wildman–Crippen MR) is 141 cm³/mol. The van der Waals surface area contributed by atoms with E-state index in [2.05, 4.69) is 54.5 Å². The lowest BCUT2D eigenvalue weighted by Crippen LogP contribution is -2.65. The van der Waals surface area contributed by atoms with Gasteiger partial charge in [-0.25, -0.2) is 4.79 Å². The summed E-state index contributed by atoms with van der Waals surface area (Å²) in [5, 5.41) is 0. The minimum atomic E-state index is -1.95. The van der Waals surface area contributed by atoms with Crippen LogP contribution in [-0.2, 0) is 23.4 Å². The molecule has 3 aliphatic carbocycles. The van der Waals surface area contributed by atoms with Crippen LogP contribution in [0.3, 0.4) is 0 Å². The van der Waals surface area contributed by atoms with Gasteiger partial charge in [0.2, 0.25) is 0 Å². The summed E-state index contributed by atoms with van der Waals surface area (Å²) in [5.74, 6) is -0.711. The van der Waals surface area contributed by atoms with Crippen LogP contribution in [0.5, 0.6) is 0 Å². The number of carbonyl (C=O) groups excluding carboxylic acids is 1. The van der Waals surface area contributed by atoms with E-state index in [0.29, 0.717) is 6.42 Å². The average Bonchev–Trinajstić information content (AvgIpc) is 3.32. The molecule has 6 nitrogen and oxygen atoms in total. The normalized spacial score (nSPS) is 40.8. The quantitative estimate of drug-likeness (QED) is 0.221. The predicted octanol–water partition coefficient (Wildman–Crippen LogP) is 7.05. The molecule has 3 fully saturated rings. The highest BCUT2D eigenvalue weighted by Gasteiger charge is 2.72. The maximum absolute atomic E-state index is 13.0. The molecule has 0 N–H and O–H groups in total. The van der Waals surface area contributed by atoms with Crippen LogP contribution in [0.15, 0.2) is 22.8 Å². The van der Waals surface area contributed by atoms with Crippen molar-refractivity contribution in [1.29, 1.82) is 0 Å². The maximum atomic E-state index is 13.0. The summed E-state index contributed by atoms with van der Waals surface area (Å²) in [5.41, 5.74) is 1.86. The van der Waals surface area contributed by atoms with Crippen LogP contribution in [0.1, 0.15) is 88.0 Å². The number of hydrogen-bond donors (Lipinski definition) is 0.